The van der Waals surface area contributed by atoms with E-state index in [0.29, 0.717) is 6.20 Å². The molecule has 1 rings (SSSR count). The second-order valence-electron chi connectivity index (χ2n) is 3.31. The van der Waals surface area contributed by atoms with E-state index in [0.717, 1.165) is 12.1 Å². The van der Waals surface area contributed by atoms with Gasteiger partial charge in [0.2, 0.25) is 0 Å². The van der Waals surface area contributed by atoms with Gasteiger partial charge in [0.15, 0.2) is 0 Å². The first-order valence-corrected chi connectivity index (χ1v) is 4.61. The highest BCUT2D eigenvalue weighted by Gasteiger charge is 2.30. The molecule has 0 unspecified atom stereocenters. The highest BCUT2D eigenvalue weighted by molar-refractivity contribution is 5.94. The summed E-state index contributed by atoms with van der Waals surface area (Å²) >= 11 is 0. The number of ketones is 1. The van der Waals surface area contributed by atoms with Crippen molar-refractivity contribution in [3.63, 3.8) is 0 Å². The van der Waals surface area contributed by atoms with E-state index < -0.39 is 17.6 Å². The molecule has 0 bridgehead atoms. The molecular formula is C10H9F3N2O2. The number of rotatable bonds is 3. The Morgan fingerprint density at radius 1 is 1.35 bits per heavy atom. The highest BCUT2D eigenvalue weighted by atomic mass is 19.4. The third kappa shape index (κ3) is 3.86. The molecule has 1 N–H and O–H groups in total. The van der Waals surface area contributed by atoms with Crippen LogP contribution in [0.4, 0.5) is 13.2 Å². The summed E-state index contributed by atoms with van der Waals surface area (Å²) in [6.07, 6.45) is -3.91. The number of amides is 1. The number of carbonyl (C=O) groups is 2. The topological polar surface area (TPSA) is 59.1 Å². The van der Waals surface area contributed by atoms with Gasteiger partial charge < -0.3 is 5.32 Å². The zero-order chi connectivity index (χ0) is 13.1. The third-order valence-corrected chi connectivity index (χ3v) is 1.82. The van der Waals surface area contributed by atoms with Crippen LogP contribution in [0.3, 0.4) is 0 Å². The first kappa shape index (κ1) is 13.1. The van der Waals surface area contributed by atoms with Crippen LogP contribution >= 0.6 is 0 Å². The van der Waals surface area contributed by atoms with Crippen molar-refractivity contribution in [3.05, 3.63) is 29.6 Å². The van der Waals surface area contributed by atoms with E-state index >= 15 is 0 Å². The van der Waals surface area contributed by atoms with Gasteiger partial charge in [-0.2, -0.15) is 13.2 Å². The van der Waals surface area contributed by atoms with Gasteiger partial charge in [-0.1, -0.05) is 0 Å². The summed E-state index contributed by atoms with van der Waals surface area (Å²) in [7, 11) is 0. The fraction of sp³-hybridized carbons (Fsp3) is 0.300. The number of pyridine rings is 1. The van der Waals surface area contributed by atoms with Crippen molar-refractivity contribution in [1.29, 1.82) is 0 Å². The predicted octanol–water partition coefficient (Wildman–Crippen LogP) is 1.42. The second kappa shape index (κ2) is 4.94. The molecule has 1 heterocycles. The van der Waals surface area contributed by atoms with Crippen LogP contribution in [0.15, 0.2) is 18.3 Å². The Kier molecular flexibility index (Phi) is 3.82. The summed E-state index contributed by atoms with van der Waals surface area (Å²) in [5.74, 6) is -0.945. The van der Waals surface area contributed by atoms with Gasteiger partial charge in [-0.15, -0.1) is 0 Å². The van der Waals surface area contributed by atoms with Crippen molar-refractivity contribution in [2.45, 2.75) is 13.1 Å². The van der Waals surface area contributed by atoms with Gasteiger partial charge in [-0.25, -0.2) is 0 Å². The van der Waals surface area contributed by atoms with Crippen LogP contribution < -0.4 is 5.32 Å². The van der Waals surface area contributed by atoms with Gasteiger partial charge in [0, 0.05) is 6.20 Å². The average Bonchev–Trinajstić information content (AvgIpc) is 2.25. The lowest BCUT2D eigenvalue weighted by molar-refractivity contribution is -0.137. The first-order chi connectivity index (χ1) is 7.80. The van der Waals surface area contributed by atoms with Gasteiger partial charge in [0.05, 0.1) is 12.1 Å². The number of aromatic nitrogens is 1. The molecule has 7 heteroatoms. The number of Topliss-reactive ketones (excluding diaryl/α,β-unsaturated/α-hetero) is 1. The Morgan fingerprint density at radius 2 is 2.00 bits per heavy atom. The number of alkyl halides is 3. The van der Waals surface area contributed by atoms with Crippen LogP contribution in [0.25, 0.3) is 0 Å². The maximum absolute atomic E-state index is 12.2. The zero-order valence-corrected chi connectivity index (χ0v) is 8.84. The SMILES string of the molecule is CC(=O)CNC(=O)c1ccc(C(F)(F)F)cn1. The van der Waals surface area contributed by atoms with E-state index in [-0.39, 0.29) is 18.0 Å². The minimum absolute atomic E-state index is 0.167. The molecule has 1 aromatic rings. The molecular weight excluding hydrogens is 237 g/mol. The smallest absolute Gasteiger partial charge is 0.344 e. The zero-order valence-electron chi connectivity index (χ0n) is 8.84. The Balaban J connectivity index is 2.74. The highest BCUT2D eigenvalue weighted by Crippen LogP contribution is 2.28. The molecule has 0 aliphatic heterocycles. The summed E-state index contributed by atoms with van der Waals surface area (Å²) < 4.78 is 36.6. The molecule has 4 nitrogen and oxygen atoms in total. The van der Waals surface area contributed by atoms with E-state index in [4.69, 9.17) is 0 Å². The standard InChI is InChI=1S/C10H9F3N2O2/c1-6(16)4-15-9(17)8-3-2-7(5-14-8)10(11,12)13/h2-3,5H,4H2,1H3,(H,15,17). The molecule has 0 saturated carbocycles. The van der Waals surface area contributed by atoms with Crippen molar-refractivity contribution in [2.24, 2.45) is 0 Å². The van der Waals surface area contributed by atoms with Crippen molar-refractivity contribution < 1.29 is 22.8 Å². The Hall–Kier alpha value is -1.92. The van der Waals surface area contributed by atoms with E-state index in [1.165, 1.54) is 6.92 Å². The number of nitrogens with zero attached hydrogens (tertiary/aromatic N) is 1. The lowest BCUT2D eigenvalue weighted by atomic mass is 10.2. The molecule has 0 atom stereocenters. The fourth-order valence-corrected chi connectivity index (χ4v) is 0.991. The minimum Gasteiger partial charge on any atom is -0.344 e. The van der Waals surface area contributed by atoms with E-state index in [1.54, 1.807) is 0 Å². The van der Waals surface area contributed by atoms with Crippen LogP contribution in [0.5, 0.6) is 0 Å². The number of hydrogen-bond acceptors (Lipinski definition) is 3. The maximum Gasteiger partial charge on any atom is 0.417 e. The average molecular weight is 246 g/mol. The van der Waals surface area contributed by atoms with E-state index in [1.807, 2.05) is 0 Å². The molecule has 0 fully saturated rings. The quantitative estimate of drug-likeness (QED) is 0.877. The van der Waals surface area contributed by atoms with Gasteiger partial charge in [0.25, 0.3) is 5.91 Å². The molecule has 1 amide bonds. The van der Waals surface area contributed by atoms with Gasteiger partial charge in [-0.3, -0.25) is 14.6 Å². The number of halogens is 3. The molecule has 0 aliphatic carbocycles. The fourth-order valence-electron chi connectivity index (χ4n) is 0.991. The minimum atomic E-state index is -4.48. The van der Waals surface area contributed by atoms with Crippen molar-refractivity contribution >= 4 is 11.7 Å². The number of carbonyl (C=O) groups excluding carboxylic acids is 2. The van der Waals surface area contributed by atoms with Crippen LogP contribution in [0.1, 0.15) is 23.0 Å². The predicted molar refractivity (Wildman–Crippen MR) is 52.3 cm³/mol. The molecule has 0 radical (unpaired) electrons. The van der Waals surface area contributed by atoms with Crippen LogP contribution in [-0.2, 0) is 11.0 Å². The molecule has 0 aliphatic rings. The number of hydrogen-bond donors (Lipinski definition) is 1. The van der Waals surface area contributed by atoms with Crippen LogP contribution in [0, 0.1) is 0 Å². The molecule has 1 aromatic heterocycles. The molecule has 0 aromatic carbocycles. The van der Waals surface area contributed by atoms with Gasteiger partial charge in [0.1, 0.15) is 11.5 Å². The Morgan fingerprint density at radius 3 is 2.41 bits per heavy atom. The Bertz CT molecular complexity index is 426. The first-order valence-electron chi connectivity index (χ1n) is 4.61. The molecule has 0 saturated heterocycles. The van der Waals surface area contributed by atoms with Crippen molar-refractivity contribution in [2.75, 3.05) is 6.54 Å². The summed E-state index contributed by atoms with van der Waals surface area (Å²) in [6.45, 7) is 1.10. The molecule has 92 valence electrons. The van der Waals surface area contributed by atoms with Crippen molar-refractivity contribution in [1.82, 2.24) is 10.3 Å². The lowest BCUT2D eigenvalue weighted by Gasteiger charge is -2.06. The monoisotopic (exact) mass is 246 g/mol. The summed E-state index contributed by atoms with van der Waals surface area (Å²) in [5.41, 5.74) is -1.10. The van der Waals surface area contributed by atoms with Crippen LogP contribution in [-0.4, -0.2) is 23.2 Å². The normalized spacial score (nSPS) is 11.1. The molecule has 0 spiro atoms. The lowest BCUT2D eigenvalue weighted by Crippen LogP contribution is -2.29. The van der Waals surface area contributed by atoms with Gasteiger partial charge in [-0.05, 0) is 19.1 Å². The van der Waals surface area contributed by atoms with E-state index in [2.05, 4.69) is 10.3 Å². The van der Waals surface area contributed by atoms with Crippen molar-refractivity contribution in [3.8, 4) is 0 Å². The second-order valence-corrected chi connectivity index (χ2v) is 3.31. The summed E-state index contributed by atoms with van der Waals surface area (Å²) in [6, 6.07) is 1.72. The summed E-state index contributed by atoms with van der Waals surface area (Å²) in [4.78, 5) is 25.3. The van der Waals surface area contributed by atoms with E-state index in [9.17, 15) is 22.8 Å². The summed E-state index contributed by atoms with van der Waals surface area (Å²) in [5, 5.41) is 2.22. The third-order valence-electron chi connectivity index (χ3n) is 1.82. The van der Waals surface area contributed by atoms with Gasteiger partial charge >= 0.3 is 6.18 Å². The Labute approximate surface area is 94.8 Å². The largest absolute Gasteiger partial charge is 0.417 e. The molecule has 17 heavy (non-hydrogen) atoms. The van der Waals surface area contributed by atoms with Crippen LogP contribution in [0.2, 0.25) is 0 Å². The maximum atomic E-state index is 12.2. The number of nitrogens with one attached hydrogen (secondary N) is 1.